The van der Waals surface area contributed by atoms with E-state index in [0.29, 0.717) is 43.0 Å². The van der Waals surface area contributed by atoms with Crippen molar-refractivity contribution in [3.8, 4) is 5.75 Å². The fourth-order valence-corrected chi connectivity index (χ4v) is 4.16. The Kier molecular flexibility index (Phi) is 5.28. The van der Waals surface area contributed by atoms with Crippen molar-refractivity contribution < 1.29 is 23.5 Å². The zero-order valence-electron chi connectivity index (χ0n) is 17.0. The molecule has 0 saturated carbocycles. The van der Waals surface area contributed by atoms with Gasteiger partial charge in [0.2, 0.25) is 11.8 Å². The molecule has 6 nitrogen and oxygen atoms in total. The fourth-order valence-electron chi connectivity index (χ4n) is 4.16. The van der Waals surface area contributed by atoms with Crippen molar-refractivity contribution in [2.45, 2.75) is 38.6 Å². The molecule has 0 saturated heterocycles. The fraction of sp³-hybridized carbons (Fsp3) is 0.348. The minimum absolute atomic E-state index is 0.134. The lowest BCUT2D eigenvalue weighted by atomic mass is 10.1. The number of benzene rings is 2. The number of hydrogen-bond acceptors (Lipinski definition) is 4. The van der Waals surface area contributed by atoms with Crippen LogP contribution >= 0.6 is 0 Å². The van der Waals surface area contributed by atoms with Gasteiger partial charge in [-0.2, -0.15) is 0 Å². The summed E-state index contributed by atoms with van der Waals surface area (Å²) in [6.45, 7) is 1.99. The Labute approximate surface area is 174 Å². The number of ether oxygens (including phenoxy) is 1. The summed E-state index contributed by atoms with van der Waals surface area (Å²) < 4.78 is 19.5. The first-order valence-electron chi connectivity index (χ1n) is 10.1. The summed E-state index contributed by atoms with van der Waals surface area (Å²) in [6.07, 6.45) is 1.83. The van der Waals surface area contributed by atoms with E-state index in [9.17, 15) is 18.8 Å². The Balaban J connectivity index is 1.42. The maximum Gasteiger partial charge on any atom is 0.249 e. The second-order valence-electron chi connectivity index (χ2n) is 7.63. The molecule has 2 aliphatic rings. The quantitative estimate of drug-likeness (QED) is 0.708. The predicted molar refractivity (Wildman–Crippen MR) is 111 cm³/mol. The highest BCUT2D eigenvalue weighted by atomic mass is 19.1. The van der Waals surface area contributed by atoms with Crippen LogP contribution in [0.3, 0.4) is 0 Å². The van der Waals surface area contributed by atoms with Crippen LogP contribution in [0.15, 0.2) is 36.4 Å². The van der Waals surface area contributed by atoms with Crippen LogP contribution in [0.1, 0.15) is 42.1 Å². The number of rotatable bonds is 5. The van der Waals surface area contributed by atoms with E-state index in [2.05, 4.69) is 0 Å². The minimum Gasteiger partial charge on any atom is -0.493 e. The molecule has 2 aromatic rings. The van der Waals surface area contributed by atoms with Crippen LogP contribution in [0.2, 0.25) is 0 Å². The third kappa shape index (κ3) is 3.44. The van der Waals surface area contributed by atoms with Crippen molar-refractivity contribution in [3.63, 3.8) is 0 Å². The zero-order chi connectivity index (χ0) is 21.4. The van der Waals surface area contributed by atoms with Gasteiger partial charge in [-0.25, -0.2) is 4.39 Å². The van der Waals surface area contributed by atoms with Crippen molar-refractivity contribution in [2.24, 2.45) is 0 Å². The monoisotopic (exact) mass is 410 g/mol. The summed E-state index contributed by atoms with van der Waals surface area (Å²) in [5, 5.41) is 0. The second-order valence-corrected chi connectivity index (χ2v) is 7.63. The second kappa shape index (κ2) is 7.89. The molecule has 0 radical (unpaired) electrons. The molecule has 0 spiro atoms. The largest absolute Gasteiger partial charge is 0.493 e. The number of carbonyl (C=O) groups excluding carboxylic acids is 3. The highest BCUT2D eigenvalue weighted by molar-refractivity contribution is 6.12. The van der Waals surface area contributed by atoms with Crippen molar-refractivity contribution in [2.75, 3.05) is 23.5 Å². The summed E-state index contributed by atoms with van der Waals surface area (Å²) >= 11 is 0. The lowest BCUT2D eigenvalue weighted by Crippen LogP contribution is -2.53. The van der Waals surface area contributed by atoms with Crippen LogP contribution in [0.25, 0.3) is 0 Å². The highest BCUT2D eigenvalue weighted by Crippen LogP contribution is 2.36. The van der Waals surface area contributed by atoms with Gasteiger partial charge in [0, 0.05) is 31.0 Å². The number of amides is 2. The predicted octanol–water partition coefficient (Wildman–Crippen LogP) is 3.51. The molecule has 1 unspecified atom stereocenters. The molecule has 0 fully saturated rings. The van der Waals surface area contributed by atoms with Gasteiger partial charge in [-0.1, -0.05) is 12.1 Å². The number of hydrogen-bond donors (Lipinski definition) is 0. The molecule has 1 aliphatic carbocycles. The smallest absolute Gasteiger partial charge is 0.249 e. The molecule has 2 aromatic carbocycles. The Morgan fingerprint density at radius 3 is 2.77 bits per heavy atom. The maximum atomic E-state index is 13.7. The van der Waals surface area contributed by atoms with Gasteiger partial charge in [-0.05, 0) is 44.0 Å². The maximum absolute atomic E-state index is 13.7. The highest BCUT2D eigenvalue weighted by Gasteiger charge is 2.37. The molecule has 30 heavy (non-hydrogen) atoms. The number of halogens is 1. The van der Waals surface area contributed by atoms with Crippen LogP contribution in [-0.4, -0.2) is 37.3 Å². The molecular formula is C23H23FN2O4. The molecule has 1 heterocycles. The third-order valence-electron chi connectivity index (χ3n) is 5.73. The van der Waals surface area contributed by atoms with Gasteiger partial charge in [0.25, 0.3) is 0 Å². The standard InChI is InChI=1S/C23H23FN2O4/c1-14-23(29)25(2)19-13-15(24)8-10-18(19)26(14)22(28)7-4-12-30-21-6-3-5-16-17(21)9-11-20(16)27/h3,5-6,8,10,13-14H,4,7,9,11-12H2,1-2H3. The third-order valence-corrected chi connectivity index (χ3v) is 5.73. The SMILES string of the molecule is CC1C(=O)N(C)c2cc(F)ccc2N1C(=O)CCCOc1cccc2c1CCC2=O. The van der Waals surface area contributed by atoms with Gasteiger partial charge in [0.05, 0.1) is 18.0 Å². The van der Waals surface area contributed by atoms with Crippen molar-refractivity contribution >= 4 is 29.0 Å². The van der Waals surface area contributed by atoms with Crippen LogP contribution in [0, 0.1) is 5.82 Å². The van der Waals surface area contributed by atoms with Crippen LogP contribution < -0.4 is 14.5 Å². The average molecular weight is 410 g/mol. The summed E-state index contributed by atoms with van der Waals surface area (Å²) in [5.41, 5.74) is 2.56. The van der Waals surface area contributed by atoms with Crippen LogP contribution in [0.4, 0.5) is 15.8 Å². The number of nitrogens with zero attached hydrogens (tertiary/aromatic N) is 2. The van der Waals surface area contributed by atoms with E-state index in [-0.39, 0.29) is 24.0 Å². The van der Waals surface area contributed by atoms with Crippen LogP contribution in [-0.2, 0) is 16.0 Å². The number of likely N-dealkylation sites (N-methyl/N-ethyl adjacent to an activating group) is 1. The molecule has 0 aromatic heterocycles. The number of anilines is 2. The van der Waals surface area contributed by atoms with Gasteiger partial charge < -0.3 is 9.64 Å². The zero-order valence-corrected chi connectivity index (χ0v) is 17.0. The van der Waals surface area contributed by atoms with E-state index in [1.165, 1.54) is 28.0 Å². The normalized spacial score (nSPS) is 17.8. The number of Topliss-reactive ketones (excluding diaryl/α,β-unsaturated/α-hetero) is 1. The number of fused-ring (bicyclic) bond motifs is 2. The van der Waals surface area contributed by atoms with E-state index in [4.69, 9.17) is 4.74 Å². The number of carbonyl (C=O) groups is 3. The van der Waals surface area contributed by atoms with Crippen molar-refractivity contribution in [1.82, 2.24) is 0 Å². The van der Waals surface area contributed by atoms with Crippen LogP contribution in [0.5, 0.6) is 5.75 Å². The first kappa shape index (κ1) is 20.1. The topological polar surface area (TPSA) is 66.9 Å². The Morgan fingerprint density at radius 1 is 1.17 bits per heavy atom. The van der Waals surface area contributed by atoms with Gasteiger partial charge in [-0.15, -0.1) is 0 Å². The van der Waals surface area contributed by atoms with E-state index in [1.54, 1.807) is 20.0 Å². The molecule has 0 bridgehead atoms. The van der Waals surface area contributed by atoms with Gasteiger partial charge in [0.1, 0.15) is 17.6 Å². The summed E-state index contributed by atoms with van der Waals surface area (Å²) in [5.74, 6) is -0.113. The van der Waals surface area contributed by atoms with Gasteiger partial charge in [-0.3, -0.25) is 19.3 Å². The van der Waals surface area contributed by atoms with E-state index in [0.717, 1.165) is 11.1 Å². The van der Waals surface area contributed by atoms with Gasteiger partial charge >= 0.3 is 0 Å². The lowest BCUT2D eigenvalue weighted by Gasteiger charge is -2.38. The van der Waals surface area contributed by atoms with Crippen molar-refractivity contribution in [1.29, 1.82) is 0 Å². The average Bonchev–Trinajstić information content (AvgIpc) is 3.12. The molecule has 1 aliphatic heterocycles. The molecule has 4 rings (SSSR count). The minimum atomic E-state index is -0.662. The van der Waals surface area contributed by atoms with Gasteiger partial charge in [0.15, 0.2) is 5.78 Å². The molecule has 156 valence electrons. The Bertz CT molecular complexity index is 1040. The summed E-state index contributed by atoms with van der Waals surface area (Å²) in [6, 6.07) is 8.87. The molecule has 1 atom stereocenters. The first-order chi connectivity index (χ1) is 14.4. The molecule has 7 heteroatoms. The van der Waals surface area contributed by atoms with E-state index < -0.39 is 11.9 Å². The van der Waals surface area contributed by atoms with E-state index >= 15 is 0 Å². The molecular weight excluding hydrogens is 387 g/mol. The summed E-state index contributed by atoms with van der Waals surface area (Å²) in [7, 11) is 1.58. The first-order valence-corrected chi connectivity index (χ1v) is 10.1. The number of ketones is 1. The van der Waals surface area contributed by atoms with E-state index in [1.807, 2.05) is 12.1 Å². The van der Waals surface area contributed by atoms with Crippen molar-refractivity contribution in [3.05, 3.63) is 53.3 Å². The summed E-state index contributed by atoms with van der Waals surface area (Å²) in [4.78, 5) is 40.1. The Morgan fingerprint density at radius 2 is 1.97 bits per heavy atom. The molecule has 2 amide bonds. The Hall–Kier alpha value is -3.22. The molecule has 0 N–H and O–H groups in total. The lowest BCUT2D eigenvalue weighted by molar-refractivity contribution is -0.125.